The molecule has 7 nitrogen and oxygen atoms in total. The highest BCUT2D eigenvalue weighted by atomic mass is 35.5. The van der Waals surface area contributed by atoms with Crippen molar-refractivity contribution in [3.8, 4) is 0 Å². The van der Waals surface area contributed by atoms with Crippen LogP contribution in [0.4, 0.5) is 17.6 Å². The van der Waals surface area contributed by atoms with Gasteiger partial charge in [-0.3, -0.25) is 19.3 Å². The van der Waals surface area contributed by atoms with Crippen molar-refractivity contribution >= 4 is 29.9 Å². The zero-order valence-corrected chi connectivity index (χ0v) is 22.5. The SMILES string of the molecule is CCC(NC(=O)c1c(F)c(F)c(F)c(C(C)=O)c1C(=O)c1cncnc1)N1CCC(c2ccc(F)cc2)CC1.Cl. The molecule has 1 amide bonds. The normalized spacial score (nSPS) is 14.8. The van der Waals surface area contributed by atoms with Gasteiger partial charge in [-0.1, -0.05) is 19.1 Å². The standard InChI is InChI=1S/C28H26F4N4O3.ClH/c1-3-20(36-10-8-17(9-11-36)16-4-6-19(29)7-5-16)35-28(39)23-22(27(38)18-12-33-14-34-13-18)21(15(2)37)24(30)26(32)25(23)31;/h4-7,12-14,17,20H,3,8-11H2,1-2H3,(H,35,39);1H. The fourth-order valence-electron chi connectivity index (χ4n) is 4.95. The summed E-state index contributed by atoms with van der Waals surface area (Å²) < 4.78 is 57.7. The number of hydrogen-bond acceptors (Lipinski definition) is 6. The summed E-state index contributed by atoms with van der Waals surface area (Å²) >= 11 is 0. The van der Waals surface area contributed by atoms with Crippen molar-refractivity contribution in [3.63, 3.8) is 0 Å². The number of benzene rings is 2. The summed E-state index contributed by atoms with van der Waals surface area (Å²) in [7, 11) is 0. The number of nitrogens with one attached hydrogen (secondary N) is 1. The van der Waals surface area contributed by atoms with Crippen molar-refractivity contribution in [2.45, 2.75) is 45.2 Å². The van der Waals surface area contributed by atoms with Gasteiger partial charge in [-0.05, 0) is 49.8 Å². The third-order valence-electron chi connectivity index (χ3n) is 6.95. The summed E-state index contributed by atoms with van der Waals surface area (Å²) in [6.07, 6.45) is 4.41. The van der Waals surface area contributed by atoms with E-state index in [0.29, 0.717) is 32.4 Å². The summed E-state index contributed by atoms with van der Waals surface area (Å²) in [6, 6.07) is 6.29. The highest BCUT2D eigenvalue weighted by Gasteiger charge is 2.36. The molecule has 2 heterocycles. The fourth-order valence-corrected chi connectivity index (χ4v) is 4.95. The number of Topliss-reactive ketones (excluding diaryl/α,β-unsaturated/α-hetero) is 1. The minimum atomic E-state index is -2.03. The number of hydrogen-bond donors (Lipinski definition) is 1. The average molecular weight is 579 g/mol. The maximum atomic E-state index is 15.1. The van der Waals surface area contributed by atoms with Crippen LogP contribution in [-0.2, 0) is 0 Å². The molecular formula is C28H27ClF4N4O3. The molecule has 1 aromatic heterocycles. The van der Waals surface area contributed by atoms with Crippen LogP contribution in [0.5, 0.6) is 0 Å². The highest BCUT2D eigenvalue weighted by molar-refractivity contribution is 6.20. The van der Waals surface area contributed by atoms with E-state index in [1.54, 1.807) is 19.1 Å². The number of piperidine rings is 1. The number of halogens is 5. The Morgan fingerprint density at radius 2 is 1.50 bits per heavy atom. The van der Waals surface area contributed by atoms with Crippen molar-refractivity contribution in [3.05, 3.63) is 94.1 Å². The first-order valence-electron chi connectivity index (χ1n) is 12.4. The van der Waals surface area contributed by atoms with Gasteiger partial charge in [0.05, 0.1) is 28.4 Å². The first kappa shape index (κ1) is 30.8. The molecule has 212 valence electrons. The molecule has 1 saturated heterocycles. The quantitative estimate of drug-likeness (QED) is 0.223. The second-order valence-electron chi connectivity index (χ2n) is 9.34. The van der Waals surface area contributed by atoms with Crippen LogP contribution in [0.25, 0.3) is 0 Å². The number of ketones is 2. The first-order valence-corrected chi connectivity index (χ1v) is 12.4. The topological polar surface area (TPSA) is 92.3 Å². The Balaban J connectivity index is 0.00000441. The minimum Gasteiger partial charge on any atom is -0.336 e. The molecule has 3 aromatic rings. The Labute approximate surface area is 234 Å². The van der Waals surface area contributed by atoms with Crippen molar-refractivity contribution < 1.29 is 31.9 Å². The van der Waals surface area contributed by atoms with Gasteiger partial charge in [0.15, 0.2) is 29.0 Å². The van der Waals surface area contributed by atoms with Gasteiger partial charge >= 0.3 is 0 Å². The lowest BCUT2D eigenvalue weighted by Gasteiger charge is -2.37. The third kappa shape index (κ3) is 6.20. The van der Waals surface area contributed by atoms with Gasteiger partial charge < -0.3 is 5.32 Å². The molecule has 0 spiro atoms. The van der Waals surface area contributed by atoms with E-state index in [-0.39, 0.29) is 29.7 Å². The summed E-state index contributed by atoms with van der Waals surface area (Å²) in [6.45, 7) is 3.77. The van der Waals surface area contributed by atoms with E-state index in [1.807, 2.05) is 4.90 Å². The van der Waals surface area contributed by atoms with Crippen LogP contribution in [0.1, 0.15) is 81.2 Å². The van der Waals surface area contributed by atoms with Crippen LogP contribution in [0, 0.1) is 23.3 Å². The molecule has 0 saturated carbocycles. The maximum absolute atomic E-state index is 15.1. The van der Waals surface area contributed by atoms with E-state index in [9.17, 15) is 27.6 Å². The molecule has 12 heteroatoms. The number of rotatable bonds is 8. The average Bonchev–Trinajstić information content (AvgIpc) is 2.94. The lowest BCUT2D eigenvalue weighted by Crippen LogP contribution is -2.51. The van der Waals surface area contributed by atoms with Crippen LogP contribution in [0.2, 0.25) is 0 Å². The second kappa shape index (κ2) is 13.1. The molecule has 1 aliphatic heterocycles. The number of likely N-dealkylation sites (tertiary alicyclic amines) is 1. The lowest BCUT2D eigenvalue weighted by molar-refractivity contribution is 0.0783. The molecule has 2 aromatic carbocycles. The maximum Gasteiger partial charge on any atom is 0.256 e. The molecular weight excluding hydrogens is 552 g/mol. The van der Waals surface area contributed by atoms with Gasteiger partial charge in [0.2, 0.25) is 0 Å². The van der Waals surface area contributed by atoms with Crippen LogP contribution >= 0.6 is 12.4 Å². The first-order chi connectivity index (χ1) is 18.6. The fraction of sp³-hybridized carbons (Fsp3) is 0.321. The number of aromatic nitrogens is 2. The van der Waals surface area contributed by atoms with E-state index in [0.717, 1.165) is 31.2 Å². The smallest absolute Gasteiger partial charge is 0.256 e. The Hall–Kier alpha value is -3.70. The Kier molecular flexibility index (Phi) is 10.1. The van der Waals surface area contributed by atoms with Gasteiger partial charge in [0, 0.05) is 25.5 Å². The Morgan fingerprint density at radius 1 is 0.925 bits per heavy atom. The molecule has 0 aliphatic carbocycles. The molecule has 0 radical (unpaired) electrons. The monoisotopic (exact) mass is 578 g/mol. The van der Waals surface area contributed by atoms with Crippen LogP contribution in [0.3, 0.4) is 0 Å². The zero-order valence-electron chi connectivity index (χ0n) is 21.7. The van der Waals surface area contributed by atoms with Gasteiger partial charge in [-0.2, -0.15) is 0 Å². The number of amides is 1. The van der Waals surface area contributed by atoms with Crippen molar-refractivity contribution in [1.82, 2.24) is 20.2 Å². The van der Waals surface area contributed by atoms with E-state index in [4.69, 9.17) is 0 Å². The molecule has 1 fully saturated rings. The molecule has 1 N–H and O–H groups in total. The molecule has 0 bridgehead atoms. The lowest BCUT2D eigenvalue weighted by atomic mass is 9.89. The van der Waals surface area contributed by atoms with Crippen molar-refractivity contribution in [2.75, 3.05) is 13.1 Å². The summed E-state index contributed by atoms with van der Waals surface area (Å²) in [5.74, 6) is -9.21. The second-order valence-corrected chi connectivity index (χ2v) is 9.34. The van der Waals surface area contributed by atoms with E-state index in [1.165, 1.54) is 12.1 Å². The number of carbonyl (C=O) groups is 3. The predicted octanol–water partition coefficient (Wildman–Crippen LogP) is 5.23. The van der Waals surface area contributed by atoms with Crippen LogP contribution in [-0.4, -0.2) is 51.6 Å². The van der Waals surface area contributed by atoms with E-state index < -0.39 is 57.8 Å². The third-order valence-corrected chi connectivity index (χ3v) is 6.95. The number of nitrogens with zero attached hydrogens (tertiary/aromatic N) is 3. The van der Waals surface area contributed by atoms with Gasteiger partial charge in [-0.15, -0.1) is 12.4 Å². The van der Waals surface area contributed by atoms with Crippen molar-refractivity contribution in [1.29, 1.82) is 0 Å². The van der Waals surface area contributed by atoms with Gasteiger partial charge in [0.25, 0.3) is 5.91 Å². The van der Waals surface area contributed by atoms with E-state index in [2.05, 4.69) is 15.3 Å². The van der Waals surface area contributed by atoms with Crippen LogP contribution in [0.15, 0.2) is 43.0 Å². The van der Waals surface area contributed by atoms with Gasteiger partial charge in [-0.25, -0.2) is 27.5 Å². The van der Waals surface area contributed by atoms with Crippen LogP contribution < -0.4 is 5.32 Å². The molecule has 1 aliphatic rings. The highest BCUT2D eigenvalue weighted by Crippen LogP contribution is 2.31. The number of carbonyl (C=O) groups excluding carboxylic acids is 3. The molecule has 4 rings (SSSR count). The zero-order chi connectivity index (χ0) is 28.3. The van der Waals surface area contributed by atoms with Gasteiger partial charge in [0.1, 0.15) is 12.1 Å². The summed E-state index contributed by atoms with van der Waals surface area (Å²) in [5.41, 5.74) is -2.22. The Bertz CT molecular complexity index is 1400. The Morgan fingerprint density at radius 3 is 2.05 bits per heavy atom. The predicted molar refractivity (Wildman–Crippen MR) is 141 cm³/mol. The van der Waals surface area contributed by atoms with Crippen molar-refractivity contribution in [2.24, 2.45) is 0 Å². The largest absolute Gasteiger partial charge is 0.336 e. The van der Waals surface area contributed by atoms with E-state index >= 15 is 4.39 Å². The minimum absolute atomic E-state index is 0. The summed E-state index contributed by atoms with van der Waals surface area (Å²) in [4.78, 5) is 48.3. The molecule has 40 heavy (non-hydrogen) atoms. The molecule has 1 unspecified atom stereocenters. The molecule has 1 atom stereocenters. The summed E-state index contributed by atoms with van der Waals surface area (Å²) in [5, 5.41) is 2.63.